The summed E-state index contributed by atoms with van der Waals surface area (Å²) < 4.78 is 16.7. The summed E-state index contributed by atoms with van der Waals surface area (Å²) in [6, 6.07) is 0. The van der Waals surface area contributed by atoms with Crippen LogP contribution in [0.1, 0.15) is 265 Å². The number of hydrogen-bond donors (Lipinski definition) is 0. The highest BCUT2D eigenvalue weighted by molar-refractivity contribution is 5.71. The predicted octanol–water partition coefficient (Wildman–Crippen LogP) is 16.0. The highest BCUT2D eigenvalue weighted by atomic mass is 16.6. The largest absolute Gasteiger partial charge is 0.462 e. The zero-order valence-electron chi connectivity index (χ0n) is 38.1. The van der Waals surface area contributed by atoms with E-state index in [0.717, 1.165) is 77.0 Å². The molecule has 1 unspecified atom stereocenters. The van der Waals surface area contributed by atoms with Crippen LogP contribution in [0.2, 0.25) is 0 Å². The molecular formula is C51H94O6. The molecule has 1 atom stereocenters. The average Bonchev–Trinajstić information content (AvgIpc) is 3.21. The van der Waals surface area contributed by atoms with Crippen molar-refractivity contribution in [2.24, 2.45) is 0 Å². The number of unbranched alkanes of at least 4 members (excludes halogenated alkanes) is 30. The molecule has 0 heterocycles. The maximum Gasteiger partial charge on any atom is 0.306 e. The van der Waals surface area contributed by atoms with Crippen molar-refractivity contribution in [3.8, 4) is 0 Å². The van der Waals surface area contributed by atoms with E-state index in [4.69, 9.17) is 14.2 Å². The standard InChI is InChI=1S/C51H94O6/c1-4-7-10-13-16-19-21-23-25-27-28-30-32-35-38-41-44-50(53)56-47-48(46-55-49(52)43-40-37-34-18-15-12-9-6-3)57-51(54)45-42-39-36-33-31-29-26-24-22-20-17-14-11-8-5-2/h17,20,24,26,48H,4-16,18-19,21-23,25,27-47H2,1-3H3/b20-17-,26-24-. The van der Waals surface area contributed by atoms with Crippen LogP contribution in [0.15, 0.2) is 24.3 Å². The van der Waals surface area contributed by atoms with Gasteiger partial charge in [-0.3, -0.25) is 14.4 Å². The molecule has 0 bridgehead atoms. The Labute approximate surface area is 353 Å². The van der Waals surface area contributed by atoms with Gasteiger partial charge in [0.15, 0.2) is 6.10 Å². The molecule has 0 N–H and O–H groups in total. The molecule has 0 aromatic heterocycles. The Morgan fingerprint density at radius 2 is 0.632 bits per heavy atom. The highest BCUT2D eigenvalue weighted by Crippen LogP contribution is 2.15. The maximum atomic E-state index is 12.7. The Morgan fingerprint density at radius 1 is 0.351 bits per heavy atom. The monoisotopic (exact) mass is 803 g/mol. The van der Waals surface area contributed by atoms with E-state index in [1.807, 2.05) is 0 Å². The van der Waals surface area contributed by atoms with Crippen molar-refractivity contribution in [2.75, 3.05) is 13.2 Å². The van der Waals surface area contributed by atoms with Crippen LogP contribution in [0, 0.1) is 0 Å². The average molecular weight is 803 g/mol. The third-order valence-corrected chi connectivity index (χ3v) is 11.0. The van der Waals surface area contributed by atoms with Crippen molar-refractivity contribution in [3.63, 3.8) is 0 Å². The Balaban J connectivity index is 4.29. The molecule has 0 aromatic rings. The lowest BCUT2D eigenvalue weighted by Gasteiger charge is -2.18. The van der Waals surface area contributed by atoms with Crippen LogP contribution in [0.5, 0.6) is 0 Å². The fourth-order valence-electron chi connectivity index (χ4n) is 7.18. The lowest BCUT2D eigenvalue weighted by atomic mass is 10.0. The van der Waals surface area contributed by atoms with Gasteiger partial charge in [0.25, 0.3) is 0 Å². The number of esters is 3. The van der Waals surface area contributed by atoms with Gasteiger partial charge in [-0.05, 0) is 51.4 Å². The second kappa shape index (κ2) is 46.6. The van der Waals surface area contributed by atoms with E-state index in [-0.39, 0.29) is 31.1 Å². The van der Waals surface area contributed by atoms with Crippen LogP contribution in [-0.4, -0.2) is 37.2 Å². The summed E-state index contributed by atoms with van der Waals surface area (Å²) in [6.07, 6.45) is 51.6. The SMILES string of the molecule is CCCCC/C=C\C/C=C\CCCCCCCC(=O)OC(COC(=O)CCCCCCCCCC)COC(=O)CCCCCCCCCCCCCCCCCC. The minimum absolute atomic E-state index is 0.0728. The van der Waals surface area contributed by atoms with E-state index in [9.17, 15) is 14.4 Å². The summed E-state index contributed by atoms with van der Waals surface area (Å²) in [5.41, 5.74) is 0. The lowest BCUT2D eigenvalue weighted by molar-refractivity contribution is -0.167. The minimum atomic E-state index is -0.771. The maximum absolute atomic E-state index is 12.7. The fraction of sp³-hybridized carbons (Fsp3) is 0.863. The summed E-state index contributed by atoms with van der Waals surface area (Å²) in [7, 11) is 0. The molecule has 6 nitrogen and oxygen atoms in total. The van der Waals surface area contributed by atoms with Gasteiger partial charge in [0, 0.05) is 19.3 Å². The number of carbonyl (C=O) groups excluding carboxylic acids is 3. The summed E-state index contributed by atoms with van der Waals surface area (Å²) in [5, 5.41) is 0. The number of ether oxygens (including phenoxy) is 3. The molecule has 0 spiro atoms. The summed E-state index contributed by atoms with van der Waals surface area (Å²) in [4.78, 5) is 37.8. The molecule has 0 amide bonds. The van der Waals surface area contributed by atoms with Gasteiger partial charge in [-0.2, -0.15) is 0 Å². The first-order chi connectivity index (χ1) is 28.0. The van der Waals surface area contributed by atoms with Gasteiger partial charge in [0.05, 0.1) is 0 Å². The Bertz CT molecular complexity index is 927. The highest BCUT2D eigenvalue weighted by Gasteiger charge is 2.19. The van der Waals surface area contributed by atoms with Gasteiger partial charge in [-0.25, -0.2) is 0 Å². The van der Waals surface area contributed by atoms with Gasteiger partial charge in [0.1, 0.15) is 13.2 Å². The number of carbonyl (C=O) groups is 3. The summed E-state index contributed by atoms with van der Waals surface area (Å²) in [5.74, 6) is -0.880. The van der Waals surface area contributed by atoms with Gasteiger partial charge >= 0.3 is 17.9 Å². The zero-order valence-corrected chi connectivity index (χ0v) is 38.1. The zero-order chi connectivity index (χ0) is 41.5. The molecule has 6 heteroatoms. The van der Waals surface area contributed by atoms with E-state index < -0.39 is 6.10 Å². The first-order valence-corrected chi connectivity index (χ1v) is 24.8. The van der Waals surface area contributed by atoms with Crippen molar-refractivity contribution >= 4 is 17.9 Å². The van der Waals surface area contributed by atoms with E-state index in [1.165, 1.54) is 148 Å². The molecule has 0 radical (unpaired) electrons. The van der Waals surface area contributed by atoms with Gasteiger partial charge in [-0.1, -0.05) is 218 Å². The Morgan fingerprint density at radius 3 is 1.00 bits per heavy atom. The summed E-state index contributed by atoms with van der Waals surface area (Å²) >= 11 is 0. The van der Waals surface area contributed by atoms with E-state index in [1.54, 1.807) is 0 Å². The third kappa shape index (κ3) is 44.8. The van der Waals surface area contributed by atoms with E-state index >= 15 is 0 Å². The van der Waals surface area contributed by atoms with Crippen molar-refractivity contribution < 1.29 is 28.6 Å². The van der Waals surface area contributed by atoms with Crippen molar-refractivity contribution in [1.82, 2.24) is 0 Å². The Hall–Kier alpha value is -2.11. The second-order valence-corrected chi connectivity index (χ2v) is 16.7. The molecule has 0 saturated carbocycles. The van der Waals surface area contributed by atoms with E-state index in [0.29, 0.717) is 19.3 Å². The molecule has 334 valence electrons. The van der Waals surface area contributed by atoms with Crippen LogP contribution in [0.4, 0.5) is 0 Å². The Kier molecular flexibility index (Phi) is 44.9. The third-order valence-electron chi connectivity index (χ3n) is 11.0. The molecule has 0 aliphatic carbocycles. The van der Waals surface area contributed by atoms with Gasteiger partial charge in [0.2, 0.25) is 0 Å². The van der Waals surface area contributed by atoms with Crippen molar-refractivity contribution in [2.45, 2.75) is 271 Å². The fourth-order valence-corrected chi connectivity index (χ4v) is 7.18. The number of allylic oxidation sites excluding steroid dienone is 4. The van der Waals surface area contributed by atoms with Crippen molar-refractivity contribution in [1.29, 1.82) is 0 Å². The molecule has 0 aliphatic rings. The predicted molar refractivity (Wildman–Crippen MR) is 243 cm³/mol. The molecule has 0 aromatic carbocycles. The van der Waals surface area contributed by atoms with E-state index in [2.05, 4.69) is 45.1 Å². The summed E-state index contributed by atoms with van der Waals surface area (Å²) in [6.45, 7) is 6.59. The van der Waals surface area contributed by atoms with Crippen LogP contribution >= 0.6 is 0 Å². The van der Waals surface area contributed by atoms with Crippen LogP contribution in [0.25, 0.3) is 0 Å². The smallest absolute Gasteiger partial charge is 0.306 e. The lowest BCUT2D eigenvalue weighted by Crippen LogP contribution is -2.30. The number of hydrogen-bond acceptors (Lipinski definition) is 6. The second-order valence-electron chi connectivity index (χ2n) is 16.7. The molecule has 57 heavy (non-hydrogen) atoms. The normalized spacial score (nSPS) is 12.1. The minimum Gasteiger partial charge on any atom is -0.462 e. The molecule has 0 fully saturated rings. The van der Waals surface area contributed by atoms with Crippen LogP contribution < -0.4 is 0 Å². The molecule has 0 saturated heterocycles. The number of rotatable bonds is 45. The van der Waals surface area contributed by atoms with Crippen LogP contribution in [-0.2, 0) is 28.6 Å². The van der Waals surface area contributed by atoms with Gasteiger partial charge < -0.3 is 14.2 Å². The topological polar surface area (TPSA) is 78.9 Å². The molecule has 0 rings (SSSR count). The first kappa shape index (κ1) is 54.9. The van der Waals surface area contributed by atoms with Gasteiger partial charge in [-0.15, -0.1) is 0 Å². The molecular weight excluding hydrogens is 709 g/mol. The van der Waals surface area contributed by atoms with Crippen LogP contribution in [0.3, 0.4) is 0 Å². The first-order valence-electron chi connectivity index (χ1n) is 24.8. The quantitative estimate of drug-likeness (QED) is 0.0264. The van der Waals surface area contributed by atoms with Crippen molar-refractivity contribution in [3.05, 3.63) is 24.3 Å². The molecule has 0 aliphatic heterocycles.